The second kappa shape index (κ2) is 5.75. The summed E-state index contributed by atoms with van der Waals surface area (Å²) in [5.41, 5.74) is 7.85. The molecule has 2 aromatic heterocycles. The highest BCUT2D eigenvalue weighted by Crippen LogP contribution is 2.32. The summed E-state index contributed by atoms with van der Waals surface area (Å²) in [4.78, 5) is 11.5. The number of benzene rings is 1. The average Bonchev–Trinajstić information content (AvgIpc) is 3.20. The van der Waals surface area contributed by atoms with Gasteiger partial charge in [-0.3, -0.25) is 4.90 Å². The minimum Gasteiger partial charge on any atom is -0.368 e. The van der Waals surface area contributed by atoms with E-state index in [2.05, 4.69) is 19.5 Å². The van der Waals surface area contributed by atoms with E-state index in [0.717, 1.165) is 48.6 Å². The van der Waals surface area contributed by atoms with Crippen LogP contribution in [0, 0.1) is 0 Å². The molecular weight excluding hydrogens is 326 g/mol. The SMILES string of the molecule is Cn1nc([C@H]2CCCN2Cc2nc3cc(Cl)ccc3n2C)nc1N. The summed E-state index contributed by atoms with van der Waals surface area (Å²) in [5.74, 6) is 2.27. The molecule has 3 heterocycles. The van der Waals surface area contributed by atoms with Gasteiger partial charge in [-0.05, 0) is 37.6 Å². The lowest BCUT2D eigenvalue weighted by Crippen LogP contribution is -2.25. The number of hydrogen-bond acceptors (Lipinski definition) is 5. The van der Waals surface area contributed by atoms with Gasteiger partial charge in [0.15, 0.2) is 5.82 Å². The third-order valence-corrected chi connectivity index (χ3v) is 4.99. The van der Waals surface area contributed by atoms with Crippen molar-refractivity contribution >= 4 is 28.6 Å². The van der Waals surface area contributed by atoms with Gasteiger partial charge in [-0.2, -0.15) is 10.1 Å². The summed E-state index contributed by atoms with van der Waals surface area (Å²) >= 11 is 6.08. The summed E-state index contributed by atoms with van der Waals surface area (Å²) in [5, 5.41) is 5.16. The molecule has 1 aromatic carbocycles. The number of likely N-dealkylation sites (tertiary alicyclic amines) is 1. The largest absolute Gasteiger partial charge is 0.368 e. The highest BCUT2D eigenvalue weighted by molar-refractivity contribution is 6.31. The summed E-state index contributed by atoms with van der Waals surface area (Å²) in [6.07, 6.45) is 2.16. The lowest BCUT2D eigenvalue weighted by Gasteiger charge is -2.21. The molecule has 1 aliphatic heterocycles. The predicted molar refractivity (Wildman–Crippen MR) is 93.5 cm³/mol. The third-order valence-electron chi connectivity index (χ3n) is 4.75. The van der Waals surface area contributed by atoms with Crippen molar-refractivity contribution in [2.24, 2.45) is 14.1 Å². The molecule has 7 nitrogen and oxygen atoms in total. The Hall–Kier alpha value is -2.12. The van der Waals surface area contributed by atoms with Gasteiger partial charge in [-0.25, -0.2) is 9.67 Å². The first-order valence-electron chi connectivity index (χ1n) is 8.04. The fraction of sp³-hybridized carbons (Fsp3) is 0.438. The van der Waals surface area contributed by atoms with Gasteiger partial charge in [0.1, 0.15) is 5.82 Å². The molecule has 1 fully saturated rings. The van der Waals surface area contributed by atoms with Gasteiger partial charge in [0, 0.05) is 19.1 Å². The van der Waals surface area contributed by atoms with Crippen molar-refractivity contribution < 1.29 is 0 Å². The van der Waals surface area contributed by atoms with Crippen LogP contribution in [0.2, 0.25) is 5.02 Å². The minimum absolute atomic E-state index is 0.192. The molecule has 126 valence electrons. The summed E-state index contributed by atoms with van der Waals surface area (Å²) in [7, 11) is 3.86. The van der Waals surface area contributed by atoms with Crippen molar-refractivity contribution in [1.29, 1.82) is 0 Å². The highest BCUT2D eigenvalue weighted by atomic mass is 35.5. The second-order valence-electron chi connectivity index (χ2n) is 6.30. The summed E-state index contributed by atoms with van der Waals surface area (Å²) in [6, 6.07) is 6.01. The van der Waals surface area contributed by atoms with Crippen molar-refractivity contribution in [2.75, 3.05) is 12.3 Å². The van der Waals surface area contributed by atoms with Crippen molar-refractivity contribution in [2.45, 2.75) is 25.4 Å². The van der Waals surface area contributed by atoms with E-state index in [-0.39, 0.29) is 6.04 Å². The number of anilines is 1. The number of hydrogen-bond donors (Lipinski definition) is 1. The average molecular weight is 346 g/mol. The third kappa shape index (κ3) is 2.53. The number of rotatable bonds is 3. The molecule has 0 radical (unpaired) electrons. The number of nitrogens with two attached hydrogens (primary N) is 1. The predicted octanol–water partition coefficient (Wildman–Crippen LogP) is 2.27. The fourth-order valence-corrected chi connectivity index (χ4v) is 3.58. The number of aryl methyl sites for hydroxylation is 2. The molecule has 0 aliphatic carbocycles. The molecule has 0 saturated carbocycles. The van der Waals surface area contributed by atoms with E-state index in [1.165, 1.54) is 0 Å². The van der Waals surface area contributed by atoms with Crippen molar-refractivity contribution in [1.82, 2.24) is 29.2 Å². The Balaban J connectivity index is 1.63. The Morgan fingerprint density at radius 2 is 2.12 bits per heavy atom. The van der Waals surface area contributed by atoms with Crippen molar-refractivity contribution in [3.63, 3.8) is 0 Å². The number of fused-ring (bicyclic) bond motifs is 1. The van der Waals surface area contributed by atoms with Crippen LogP contribution in [0.5, 0.6) is 0 Å². The molecule has 24 heavy (non-hydrogen) atoms. The van der Waals surface area contributed by atoms with E-state index in [9.17, 15) is 0 Å². The number of aromatic nitrogens is 5. The molecule has 1 atom stereocenters. The Labute approximate surface area is 145 Å². The molecule has 0 spiro atoms. The van der Waals surface area contributed by atoms with E-state index in [4.69, 9.17) is 22.3 Å². The van der Waals surface area contributed by atoms with Crippen LogP contribution in [-0.4, -0.2) is 35.8 Å². The van der Waals surface area contributed by atoms with Crippen LogP contribution >= 0.6 is 11.6 Å². The molecule has 0 amide bonds. The Morgan fingerprint density at radius 1 is 1.29 bits per heavy atom. The molecule has 1 saturated heterocycles. The van der Waals surface area contributed by atoms with Crippen LogP contribution < -0.4 is 5.73 Å². The Bertz CT molecular complexity index is 878. The van der Waals surface area contributed by atoms with Crippen LogP contribution in [0.4, 0.5) is 5.95 Å². The molecular formula is C16H20ClN7. The van der Waals surface area contributed by atoms with Gasteiger partial charge in [-0.1, -0.05) is 11.6 Å². The van der Waals surface area contributed by atoms with E-state index < -0.39 is 0 Å². The fourth-order valence-electron chi connectivity index (χ4n) is 3.41. The molecule has 0 unspecified atom stereocenters. The Morgan fingerprint density at radius 3 is 2.88 bits per heavy atom. The van der Waals surface area contributed by atoms with Gasteiger partial charge in [0.2, 0.25) is 5.95 Å². The van der Waals surface area contributed by atoms with Gasteiger partial charge in [-0.15, -0.1) is 0 Å². The van der Waals surface area contributed by atoms with Gasteiger partial charge >= 0.3 is 0 Å². The zero-order valence-electron chi connectivity index (χ0n) is 13.8. The van der Waals surface area contributed by atoms with Crippen LogP contribution in [0.3, 0.4) is 0 Å². The van der Waals surface area contributed by atoms with Crippen LogP contribution in [0.25, 0.3) is 11.0 Å². The zero-order chi connectivity index (χ0) is 16.8. The zero-order valence-corrected chi connectivity index (χ0v) is 14.5. The maximum Gasteiger partial charge on any atom is 0.218 e. The van der Waals surface area contributed by atoms with Crippen molar-refractivity contribution in [3.05, 3.63) is 34.9 Å². The first kappa shape index (κ1) is 15.4. The van der Waals surface area contributed by atoms with Gasteiger partial charge in [0.05, 0.1) is 23.6 Å². The number of nitrogens with zero attached hydrogens (tertiary/aromatic N) is 6. The lowest BCUT2D eigenvalue weighted by atomic mass is 10.2. The topological polar surface area (TPSA) is 77.8 Å². The van der Waals surface area contributed by atoms with E-state index in [1.54, 1.807) is 4.68 Å². The van der Waals surface area contributed by atoms with Crippen LogP contribution in [-0.2, 0) is 20.6 Å². The van der Waals surface area contributed by atoms with Gasteiger partial charge < -0.3 is 10.3 Å². The molecule has 2 N–H and O–H groups in total. The van der Waals surface area contributed by atoms with Crippen LogP contribution in [0.1, 0.15) is 30.5 Å². The normalized spacial score (nSPS) is 18.7. The number of nitrogen functional groups attached to an aromatic ring is 1. The maximum atomic E-state index is 6.08. The van der Waals surface area contributed by atoms with Gasteiger partial charge in [0.25, 0.3) is 0 Å². The molecule has 4 rings (SSSR count). The monoisotopic (exact) mass is 345 g/mol. The highest BCUT2D eigenvalue weighted by Gasteiger charge is 2.30. The molecule has 3 aromatic rings. The first-order chi connectivity index (χ1) is 11.5. The van der Waals surface area contributed by atoms with E-state index >= 15 is 0 Å². The smallest absolute Gasteiger partial charge is 0.218 e. The number of imidazole rings is 1. The van der Waals surface area contributed by atoms with Crippen molar-refractivity contribution in [3.8, 4) is 0 Å². The maximum absolute atomic E-state index is 6.08. The number of halogens is 1. The van der Waals surface area contributed by atoms with E-state index in [0.29, 0.717) is 11.0 Å². The first-order valence-corrected chi connectivity index (χ1v) is 8.42. The van der Waals surface area contributed by atoms with E-state index in [1.807, 2.05) is 32.3 Å². The molecule has 1 aliphatic rings. The molecule has 8 heteroatoms. The van der Waals surface area contributed by atoms with Crippen LogP contribution in [0.15, 0.2) is 18.2 Å². The minimum atomic E-state index is 0.192. The summed E-state index contributed by atoms with van der Waals surface area (Å²) in [6.45, 7) is 1.76. The summed E-state index contributed by atoms with van der Waals surface area (Å²) < 4.78 is 3.75. The quantitative estimate of drug-likeness (QED) is 0.788. The lowest BCUT2D eigenvalue weighted by molar-refractivity contribution is 0.232. The second-order valence-corrected chi connectivity index (χ2v) is 6.74. The Kier molecular flexibility index (Phi) is 3.69. The standard InChI is InChI=1S/C16H20ClN7/c1-22-12-6-5-10(17)8-11(12)19-14(22)9-24-7-3-4-13(24)15-20-16(18)23(2)21-15/h5-6,8,13H,3-4,7,9H2,1-2H3,(H2,18,20,21)/t13-/m1/s1. The molecule has 0 bridgehead atoms.